The van der Waals surface area contributed by atoms with Crippen molar-refractivity contribution in [1.82, 2.24) is 5.32 Å². The minimum absolute atomic E-state index is 0.240. The average molecular weight is 686 g/mol. The van der Waals surface area contributed by atoms with Crippen LogP contribution in [0.3, 0.4) is 0 Å². The predicted octanol–water partition coefficient (Wildman–Crippen LogP) is 7.50. The van der Waals surface area contributed by atoms with E-state index in [0.717, 1.165) is 29.8 Å². The van der Waals surface area contributed by atoms with Crippen LogP contribution in [-0.4, -0.2) is 53.2 Å². The molecule has 0 spiro atoms. The number of carbonyl (C=O) groups excluding carboxylic acids is 3. The van der Waals surface area contributed by atoms with E-state index in [9.17, 15) is 19.2 Å². The van der Waals surface area contributed by atoms with Gasteiger partial charge in [0.25, 0.3) is 0 Å². The van der Waals surface area contributed by atoms with Gasteiger partial charge in [0.2, 0.25) is 5.91 Å². The van der Waals surface area contributed by atoms with Crippen LogP contribution < -0.4 is 26.6 Å². The van der Waals surface area contributed by atoms with Crippen molar-refractivity contribution in [3.63, 3.8) is 0 Å². The Morgan fingerprint density at radius 2 is 1.60 bits per heavy atom. The molecule has 5 rings (SSSR count). The molecule has 0 saturated heterocycles. The quantitative estimate of drug-likeness (QED) is 0.136. The molecule has 3 aromatic rings. The Labute approximate surface area is 295 Å². The SMILES string of the molecule is CC(C)(C)c1c(N)cccc1C(=O)O.Cc1ccc2c(c1)NC(=O)[C@H](NC(=O)Nc1ccc(C(=O)OC(C)(C)C)cc1)CN2C1CCCCC1. The molecule has 11 nitrogen and oxygen atoms in total. The number of benzene rings is 3. The number of nitrogen functional groups attached to an aromatic ring is 1. The van der Waals surface area contributed by atoms with Crippen molar-refractivity contribution < 1.29 is 29.0 Å². The topological polar surface area (TPSA) is 163 Å². The lowest BCUT2D eigenvalue weighted by atomic mass is 9.82. The number of nitrogens with one attached hydrogen (secondary N) is 3. The van der Waals surface area contributed by atoms with Gasteiger partial charge >= 0.3 is 18.0 Å². The third-order valence-corrected chi connectivity index (χ3v) is 8.59. The molecule has 1 aliphatic heterocycles. The summed E-state index contributed by atoms with van der Waals surface area (Å²) in [5.74, 6) is -1.59. The number of carboxylic acid groups (broad SMARTS) is 1. The maximum absolute atomic E-state index is 13.1. The minimum atomic E-state index is -0.928. The van der Waals surface area contributed by atoms with Gasteiger partial charge < -0.3 is 36.4 Å². The number of carbonyl (C=O) groups is 4. The van der Waals surface area contributed by atoms with E-state index in [1.54, 1.807) is 42.5 Å². The first-order chi connectivity index (χ1) is 23.4. The number of aryl methyl sites for hydroxylation is 1. The lowest BCUT2D eigenvalue weighted by Gasteiger charge is -2.37. The van der Waals surface area contributed by atoms with Crippen LogP contribution in [-0.2, 0) is 14.9 Å². The second-order valence-electron chi connectivity index (χ2n) is 15.0. The summed E-state index contributed by atoms with van der Waals surface area (Å²) in [6.07, 6.45) is 5.72. The van der Waals surface area contributed by atoms with Crippen molar-refractivity contribution >= 4 is 46.6 Å². The van der Waals surface area contributed by atoms with Gasteiger partial charge in [0, 0.05) is 24.0 Å². The molecule has 268 valence electrons. The highest BCUT2D eigenvalue weighted by atomic mass is 16.6. The Morgan fingerprint density at radius 3 is 2.18 bits per heavy atom. The fourth-order valence-electron chi connectivity index (χ4n) is 6.39. The molecule has 50 heavy (non-hydrogen) atoms. The first-order valence-corrected chi connectivity index (χ1v) is 17.1. The molecule has 0 aromatic heterocycles. The van der Waals surface area contributed by atoms with E-state index >= 15 is 0 Å². The zero-order valence-corrected chi connectivity index (χ0v) is 30.2. The molecule has 1 aliphatic carbocycles. The van der Waals surface area contributed by atoms with Crippen LogP contribution in [0.25, 0.3) is 0 Å². The molecule has 0 bridgehead atoms. The third kappa shape index (κ3) is 9.99. The molecule has 1 saturated carbocycles. The van der Waals surface area contributed by atoms with Crippen molar-refractivity contribution in [2.45, 2.75) is 104 Å². The highest BCUT2D eigenvalue weighted by Gasteiger charge is 2.33. The van der Waals surface area contributed by atoms with Gasteiger partial charge in [-0.2, -0.15) is 0 Å². The van der Waals surface area contributed by atoms with Crippen molar-refractivity contribution in [1.29, 1.82) is 0 Å². The number of fused-ring (bicyclic) bond motifs is 1. The fraction of sp³-hybridized carbons (Fsp3) is 0.436. The number of aromatic carboxylic acids is 1. The highest BCUT2D eigenvalue weighted by molar-refractivity contribution is 6.03. The van der Waals surface area contributed by atoms with Gasteiger partial charge in [-0.15, -0.1) is 0 Å². The normalized spacial score (nSPS) is 16.5. The van der Waals surface area contributed by atoms with Gasteiger partial charge in [0.15, 0.2) is 0 Å². The number of ether oxygens (including phenoxy) is 1. The van der Waals surface area contributed by atoms with E-state index in [1.165, 1.54) is 19.3 Å². The smallest absolute Gasteiger partial charge is 0.338 e. The van der Waals surface area contributed by atoms with Gasteiger partial charge in [-0.3, -0.25) is 4.79 Å². The average Bonchev–Trinajstić information content (AvgIpc) is 3.15. The molecule has 1 fully saturated rings. The second kappa shape index (κ2) is 15.7. The first-order valence-electron chi connectivity index (χ1n) is 17.1. The van der Waals surface area contributed by atoms with Crippen molar-refractivity contribution in [3.8, 4) is 0 Å². The molecule has 1 heterocycles. The van der Waals surface area contributed by atoms with Crippen LogP contribution in [0.4, 0.5) is 27.5 Å². The van der Waals surface area contributed by atoms with Gasteiger partial charge in [-0.25, -0.2) is 14.4 Å². The molecule has 0 unspecified atom stereocenters. The largest absolute Gasteiger partial charge is 0.478 e. The summed E-state index contributed by atoms with van der Waals surface area (Å²) in [4.78, 5) is 51.4. The fourth-order valence-corrected chi connectivity index (χ4v) is 6.39. The number of rotatable bonds is 5. The number of hydrogen-bond donors (Lipinski definition) is 5. The molecule has 3 aromatic carbocycles. The third-order valence-electron chi connectivity index (χ3n) is 8.59. The summed E-state index contributed by atoms with van der Waals surface area (Å²) in [5, 5.41) is 17.6. The summed E-state index contributed by atoms with van der Waals surface area (Å²) in [7, 11) is 0. The number of hydrogen-bond acceptors (Lipinski definition) is 7. The van der Waals surface area contributed by atoms with E-state index in [4.69, 9.17) is 15.6 Å². The molecule has 11 heteroatoms. The van der Waals surface area contributed by atoms with Gasteiger partial charge in [-0.05, 0) is 106 Å². The maximum Gasteiger partial charge on any atom is 0.338 e. The predicted molar refractivity (Wildman–Crippen MR) is 198 cm³/mol. The number of esters is 1. The number of urea groups is 1. The number of amides is 3. The number of carboxylic acids is 1. The van der Waals surface area contributed by atoms with Crippen LogP contribution >= 0.6 is 0 Å². The van der Waals surface area contributed by atoms with Crippen LogP contribution in [0.5, 0.6) is 0 Å². The molecule has 3 amide bonds. The van der Waals surface area contributed by atoms with E-state index in [0.29, 0.717) is 35.1 Å². The number of nitrogens with zero attached hydrogens (tertiary/aromatic N) is 1. The highest BCUT2D eigenvalue weighted by Crippen LogP contribution is 2.35. The first kappa shape index (κ1) is 37.8. The van der Waals surface area contributed by atoms with Crippen LogP contribution in [0.1, 0.15) is 105 Å². The number of nitrogens with two attached hydrogens (primary N) is 1. The summed E-state index contributed by atoms with van der Waals surface area (Å²) >= 11 is 0. The van der Waals surface area contributed by atoms with E-state index in [2.05, 4.69) is 33.0 Å². The molecular weight excluding hydrogens is 634 g/mol. The Balaban J connectivity index is 0.000000337. The summed E-state index contributed by atoms with van der Waals surface area (Å²) in [5.41, 5.74) is 10.2. The van der Waals surface area contributed by atoms with Gasteiger partial charge in [-0.1, -0.05) is 52.2 Å². The molecular formula is C39H51N5O6. The molecule has 1 atom stereocenters. The lowest BCUT2D eigenvalue weighted by Crippen LogP contribution is -2.52. The minimum Gasteiger partial charge on any atom is -0.478 e. The monoisotopic (exact) mass is 685 g/mol. The Bertz CT molecular complexity index is 1700. The van der Waals surface area contributed by atoms with Crippen LogP contribution in [0, 0.1) is 6.92 Å². The Hall–Kier alpha value is -5.06. The van der Waals surface area contributed by atoms with Gasteiger partial charge in [0.05, 0.1) is 22.5 Å². The Morgan fingerprint density at radius 1 is 0.940 bits per heavy atom. The van der Waals surface area contributed by atoms with Crippen molar-refractivity contribution in [2.24, 2.45) is 0 Å². The van der Waals surface area contributed by atoms with Crippen molar-refractivity contribution in [3.05, 3.63) is 82.9 Å². The zero-order chi connectivity index (χ0) is 36.8. The summed E-state index contributed by atoms with van der Waals surface area (Å²) < 4.78 is 5.38. The van der Waals surface area contributed by atoms with Gasteiger partial charge in [0.1, 0.15) is 11.6 Å². The second-order valence-corrected chi connectivity index (χ2v) is 15.0. The zero-order valence-electron chi connectivity index (χ0n) is 30.2. The maximum atomic E-state index is 13.1. The molecule has 6 N–H and O–H groups in total. The van der Waals surface area contributed by atoms with Crippen molar-refractivity contribution in [2.75, 3.05) is 27.8 Å². The van der Waals surface area contributed by atoms with E-state index in [-0.39, 0.29) is 16.9 Å². The molecule has 2 aliphatic rings. The van der Waals surface area contributed by atoms with E-state index < -0.39 is 29.6 Å². The summed E-state index contributed by atoms with van der Waals surface area (Å²) in [6, 6.07) is 16.7. The molecule has 0 radical (unpaired) electrons. The van der Waals surface area contributed by atoms with E-state index in [1.807, 2.05) is 54.5 Å². The Kier molecular flexibility index (Phi) is 11.8. The lowest BCUT2D eigenvalue weighted by molar-refractivity contribution is -0.117. The summed E-state index contributed by atoms with van der Waals surface area (Å²) in [6.45, 7) is 13.7. The number of anilines is 4. The standard InChI is InChI=1S/C28H36N4O4.C11H15NO2/c1-18-10-15-24-22(16-18)30-25(33)23(17-32(24)21-8-6-5-7-9-21)31-27(35)29-20-13-11-19(12-14-20)26(34)36-28(2,3)4;1-11(2,3)9-7(10(13)14)5-4-6-8(9)12/h10-16,21,23H,5-9,17H2,1-4H3,(H,30,33)(H2,29,31,35);4-6H,12H2,1-3H3,(H,13,14)/t23-;/m1./s1. The van der Waals surface area contributed by atoms with Crippen LogP contribution in [0.2, 0.25) is 0 Å². The van der Waals surface area contributed by atoms with Crippen LogP contribution in [0.15, 0.2) is 60.7 Å².